The van der Waals surface area contributed by atoms with Gasteiger partial charge in [-0.2, -0.15) is 5.26 Å². The molecule has 0 amide bonds. The van der Waals surface area contributed by atoms with E-state index in [0.717, 1.165) is 53.6 Å². The van der Waals surface area contributed by atoms with Crippen LogP contribution >= 0.6 is 0 Å². The molecule has 1 aliphatic rings. The van der Waals surface area contributed by atoms with E-state index >= 15 is 0 Å². The van der Waals surface area contributed by atoms with Crippen LogP contribution in [-0.4, -0.2) is 57.3 Å². The van der Waals surface area contributed by atoms with Crippen molar-refractivity contribution < 1.29 is 9.84 Å². The number of aliphatic hydroxyl groups is 1. The summed E-state index contributed by atoms with van der Waals surface area (Å²) in [4.78, 5) is 13.9. The normalized spacial score (nSPS) is 18.5. The van der Waals surface area contributed by atoms with Crippen molar-refractivity contribution in [3.05, 3.63) is 30.2 Å². The monoisotopic (exact) mass is 337 g/mol. The third-order valence-corrected chi connectivity index (χ3v) is 4.63. The van der Waals surface area contributed by atoms with E-state index in [-0.39, 0.29) is 12.7 Å². The van der Waals surface area contributed by atoms with Crippen molar-refractivity contribution in [3.8, 4) is 11.8 Å². The molecule has 7 nitrogen and oxygen atoms in total. The summed E-state index contributed by atoms with van der Waals surface area (Å²) in [5.74, 6) is 0.766. The first-order valence-electron chi connectivity index (χ1n) is 8.45. The van der Waals surface area contributed by atoms with Crippen LogP contribution in [0.2, 0.25) is 0 Å². The average molecular weight is 337 g/mol. The second-order valence-corrected chi connectivity index (χ2v) is 6.29. The van der Waals surface area contributed by atoms with E-state index in [0.29, 0.717) is 12.2 Å². The van der Waals surface area contributed by atoms with Gasteiger partial charge in [0.05, 0.1) is 23.7 Å². The fourth-order valence-electron chi connectivity index (χ4n) is 3.48. The molecule has 0 spiro atoms. The molecule has 3 aromatic rings. The van der Waals surface area contributed by atoms with Crippen LogP contribution in [0.15, 0.2) is 24.5 Å². The molecule has 1 unspecified atom stereocenters. The lowest BCUT2D eigenvalue weighted by molar-refractivity contribution is 0.0778. The lowest BCUT2D eigenvalue weighted by Crippen LogP contribution is -2.42. The molecule has 1 atom stereocenters. The Bertz CT molecular complexity index is 944. The standard InChI is InChI=1S/C18H19N5O2/c19-9-12-8-14-15(10-21-12)22-18-17(14)16(3-4-20-18)25-13-2-1-5-23(11-13)6-7-24/h3-4,8,10,13,24H,1-2,5-7,11H2,(H,20,22). The molecule has 1 aliphatic heterocycles. The van der Waals surface area contributed by atoms with Gasteiger partial charge in [-0.05, 0) is 31.5 Å². The largest absolute Gasteiger partial charge is 0.488 e. The predicted molar refractivity (Wildman–Crippen MR) is 93.3 cm³/mol. The first-order chi connectivity index (χ1) is 12.3. The Balaban J connectivity index is 1.70. The van der Waals surface area contributed by atoms with Crippen molar-refractivity contribution in [1.29, 1.82) is 5.26 Å². The number of fused-ring (bicyclic) bond motifs is 3. The summed E-state index contributed by atoms with van der Waals surface area (Å²) in [6.45, 7) is 2.64. The number of nitrogens with one attached hydrogen (secondary N) is 1. The van der Waals surface area contributed by atoms with E-state index in [1.54, 1.807) is 18.5 Å². The van der Waals surface area contributed by atoms with Crippen LogP contribution in [0.4, 0.5) is 0 Å². The van der Waals surface area contributed by atoms with Gasteiger partial charge in [-0.25, -0.2) is 9.97 Å². The minimum atomic E-state index is 0.0770. The second kappa shape index (κ2) is 6.67. The summed E-state index contributed by atoms with van der Waals surface area (Å²) < 4.78 is 6.30. The van der Waals surface area contributed by atoms with Crippen molar-refractivity contribution in [2.45, 2.75) is 18.9 Å². The van der Waals surface area contributed by atoms with Crippen LogP contribution < -0.4 is 4.74 Å². The number of hydrogen-bond donors (Lipinski definition) is 2. The highest BCUT2D eigenvalue weighted by molar-refractivity contribution is 6.09. The lowest BCUT2D eigenvalue weighted by atomic mass is 10.1. The maximum atomic E-state index is 9.15. The van der Waals surface area contributed by atoms with Gasteiger partial charge in [-0.3, -0.25) is 4.90 Å². The maximum absolute atomic E-state index is 9.15. The van der Waals surface area contributed by atoms with E-state index in [4.69, 9.17) is 15.1 Å². The van der Waals surface area contributed by atoms with E-state index in [1.165, 1.54) is 0 Å². The van der Waals surface area contributed by atoms with Crippen LogP contribution in [0.25, 0.3) is 21.9 Å². The minimum absolute atomic E-state index is 0.0770. The van der Waals surface area contributed by atoms with Crippen molar-refractivity contribution in [2.24, 2.45) is 0 Å². The van der Waals surface area contributed by atoms with Gasteiger partial charge in [0.1, 0.15) is 29.3 Å². The Hall–Kier alpha value is -2.69. The summed E-state index contributed by atoms with van der Waals surface area (Å²) in [5.41, 5.74) is 1.94. The number of pyridine rings is 2. The van der Waals surface area contributed by atoms with Gasteiger partial charge in [0.15, 0.2) is 0 Å². The summed E-state index contributed by atoms with van der Waals surface area (Å²) in [6, 6.07) is 5.71. The molecule has 3 aromatic heterocycles. The fraction of sp³-hybridized carbons (Fsp3) is 0.389. The topological polar surface area (TPSA) is 98.1 Å². The molecule has 4 rings (SSSR count). The Morgan fingerprint density at radius 3 is 3.20 bits per heavy atom. The molecule has 0 saturated carbocycles. The summed E-state index contributed by atoms with van der Waals surface area (Å²) in [5, 5.41) is 20.1. The molecule has 25 heavy (non-hydrogen) atoms. The molecule has 2 N–H and O–H groups in total. The number of aromatic nitrogens is 3. The Labute approximate surface area is 144 Å². The number of aromatic amines is 1. The number of ether oxygens (including phenoxy) is 1. The highest BCUT2D eigenvalue weighted by atomic mass is 16.5. The number of aliphatic hydroxyl groups excluding tert-OH is 1. The smallest absolute Gasteiger partial charge is 0.142 e. The highest BCUT2D eigenvalue weighted by Crippen LogP contribution is 2.33. The number of hydrogen-bond acceptors (Lipinski definition) is 6. The molecule has 0 radical (unpaired) electrons. The quantitative estimate of drug-likeness (QED) is 0.753. The Kier molecular flexibility index (Phi) is 4.22. The third-order valence-electron chi connectivity index (χ3n) is 4.63. The number of piperidine rings is 1. The third kappa shape index (κ3) is 3.02. The van der Waals surface area contributed by atoms with Crippen LogP contribution in [0, 0.1) is 11.3 Å². The van der Waals surface area contributed by atoms with Gasteiger partial charge in [-0.15, -0.1) is 0 Å². The molecule has 7 heteroatoms. The molecular formula is C18H19N5O2. The zero-order chi connectivity index (χ0) is 17.2. The highest BCUT2D eigenvalue weighted by Gasteiger charge is 2.22. The fourth-order valence-corrected chi connectivity index (χ4v) is 3.48. The SMILES string of the molecule is N#Cc1cc2c(cn1)[nH]c1nccc(OC3CCCN(CCO)C3)c12. The molecule has 1 saturated heterocycles. The van der Waals surface area contributed by atoms with Crippen molar-refractivity contribution in [2.75, 3.05) is 26.2 Å². The first kappa shape index (κ1) is 15.8. The van der Waals surface area contributed by atoms with Crippen molar-refractivity contribution in [1.82, 2.24) is 19.9 Å². The zero-order valence-electron chi connectivity index (χ0n) is 13.8. The van der Waals surface area contributed by atoms with Gasteiger partial charge in [0, 0.05) is 24.7 Å². The molecule has 0 aromatic carbocycles. The van der Waals surface area contributed by atoms with E-state index < -0.39 is 0 Å². The van der Waals surface area contributed by atoms with Gasteiger partial charge in [0.25, 0.3) is 0 Å². The lowest BCUT2D eigenvalue weighted by Gasteiger charge is -2.32. The molecule has 4 heterocycles. The maximum Gasteiger partial charge on any atom is 0.142 e. The molecular weight excluding hydrogens is 318 g/mol. The predicted octanol–water partition coefficient (Wildman–Crippen LogP) is 1.82. The van der Waals surface area contributed by atoms with Crippen LogP contribution in [0.5, 0.6) is 5.75 Å². The average Bonchev–Trinajstić information content (AvgIpc) is 3.01. The van der Waals surface area contributed by atoms with Crippen LogP contribution in [0.3, 0.4) is 0 Å². The van der Waals surface area contributed by atoms with Crippen LogP contribution in [-0.2, 0) is 0 Å². The Morgan fingerprint density at radius 2 is 2.36 bits per heavy atom. The van der Waals surface area contributed by atoms with Gasteiger partial charge in [0.2, 0.25) is 0 Å². The summed E-state index contributed by atoms with van der Waals surface area (Å²) >= 11 is 0. The van der Waals surface area contributed by atoms with E-state index in [2.05, 4.69) is 25.9 Å². The molecule has 0 bridgehead atoms. The zero-order valence-corrected chi connectivity index (χ0v) is 13.8. The minimum Gasteiger partial charge on any atom is -0.488 e. The second-order valence-electron chi connectivity index (χ2n) is 6.29. The van der Waals surface area contributed by atoms with E-state index in [9.17, 15) is 0 Å². The first-order valence-corrected chi connectivity index (χ1v) is 8.45. The van der Waals surface area contributed by atoms with Gasteiger partial charge in [-0.1, -0.05) is 0 Å². The van der Waals surface area contributed by atoms with Crippen LogP contribution in [0.1, 0.15) is 18.5 Å². The number of β-amino-alcohol motifs (C(OH)–C–C–N with tert-alkyl or cyclic N) is 1. The summed E-state index contributed by atoms with van der Waals surface area (Å²) in [7, 11) is 0. The number of nitriles is 1. The number of H-pyrrole nitrogens is 1. The number of rotatable bonds is 4. The molecule has 1 fully saturated rings. The number of nitrogens with zero attached hydrogens (tertiary/aromatic N) is 4. The molecule has 0 aliphatic carbocycles. The van der Waals surface area contributed by atoms with Gasteiger partial charge < -0.3 is 14.8 Å². The number of likely N-dealkylation sites (tertiary alicyclic amines) is 1. The van der Waals surface area contributed by atoms with Crippen molar-refractivity contribution in [3.63, 3.8) is 0 Å². The van der Waals surface area contributed by atoms with Crippen molar-refractivity contribution >= 4 is 21.9 Å². The Morgan fingerprint density at radius 1 is 1.44 bits per heavy atom. The molecule has 128 valence electrons. The van der Waals surface area contributed by atoms with Gasteiger partial charge >= 0.3 is 0 Å². The van der Waals surface area contributed by atoms with E-state index in [1.807, 2.05) is 6.07 Å². The summed E-state index contributed by atoms with van der Waals surface area (Å²) in [6.07, 6.45) is 5.49.